The second-order valence-corrected chi connectivity index (χ2v) is 9.95. The molecule has 1 aromatic carbocycles. The fraction of sp³-hybridized carbons (Fsp3) is 0.500. The normalized spacial score (nSPS) is 20.8. The Morgan fingerprint density at radius 3 is 2.69 bits per heavy atom. The van der Waals surface area contributed by atoms with Crippen molar-refractivity contribution in [3.8, 4) is 5.75 Å². The van der Waals surface area contributed by atoms with E-state index in [2.05, 4.69) is 0 Å². The van der Waals surface area contributed by atoms with E-state index in [0.717, 1.165) is 24.0 Å². The van der Waals surface area contributed by atoms with Gasteiger partial charge >= 0.3 is 5.97 Å². The Labute approximate surface area is 226 Å². The highest BCUT2D eigenvalue weighted by molar-refractivity contribution is 6.30. The number of hydrogen-bond acceptors (Lipinski definition) is 5. The van der Waals surface area contributed by atoms with E-state index in [0.29, 0.717) is 30.3 Å². The van der Waals surface area contributed by atoms with Crippen molar-refractivity contribution >= 4 is 23.5 Å². The van der Waals surface area contributed by atoms with Crippen molar-refractivity contribution in [1.82, 2.24) is 4.90 Å². The molecular formula is C26H32BrClN2O6. The first-order valence-electron chi connectivity index (χ1n) is 11.9. The van der Waals surface area contributed by atoms with E-state index >= 15 is 0 Å². The Hall–Kier alpha value is -2.20. The summed E-state index contributed by atoms with van der Waals surface area (Å²) in [6.07, 6.45) is 5.61. The van der Waals surface area contributed by atoms with Crippen molar-refractivity contribution in [3.63, 3.8) is 0 Å². The zero-order chi connectivity index (χ0) is 25.0. The van der Waals surface area contributed by atoms with Crippen LogP contribution >= 0.6 is 11.6 Å². The van der Waals surface area contributed by atoms with Crippen molar-refractivity contribution in [2.75, 3.05) is 13.2 Å². The van der Waals surface area contributed by atoms with Crippen LogP contribution in [0.2, 0.25) is 5.02 Å². The molecule has 1 aromatic heterocycles. The van der Waals surface area contributed by atoms with Crippen molar-refractivity contribution in [2.45, 2.75) is 70.6 Å². The molecule has 0 bridgehead atoms. The van der Waals surface area contributed by atoms with Crippen LogP contribution in [-0.2, 0) is 32.4 Å². The zero-order valence-corrected chi connectivity index (χ0v) is 22.8. The van der Waals surface area contributed by atoms with Crippen LogP contribution in [0.25, 0.3) is 0 Å². The minimum absolute atomic E-state index is 0. The number of pyridine rings is 1. The number of aliphatic carboxylic acids is 1. The van der Waals surface area contributed by atoms with E-state index < -0.39 is 17.7 Å². The monoisotopic (exact) mass is 582 g/mol. The molecule has 8 nitrogen and oxygen atoms in total. The molecule has 4 rings (SSSR count). The molecule has 0 aliphatic carbocycles. The van der Waals surface area contributed by atoms with Crippen molar-refractivity contribution in [3.05, 3.63) is 58.9 Å². The third-order valence-electron chi connectivity index (χ3n) is 6.41. The van der Waals surface area contributed by atoms with Crippen LogP contribution in [0.3, 0.4) is 0 Å². The zero-order valence-electron chi connectivity index (χ0n) is 20.5. The van der Waals surface area contributed by atoms with E-state index in [1.165, 1.54) is 0 Å². The number of nitrogens with zero attached hydrogens (tertiary/aromatic N) is 2. The molecule has 1 amide bonds. The molecule has 0 spiro atoms. The first-order chi connectivity index (χ1) is 16.7. The van der Waals surface area contributed by atoms with Gasteiger partial charge in [-0.2, -0.15) is 4.57 Å². The minimum atomic E-state index is -0.902. The molecule has 36 heavy (non-hydrogen) atoms. The number of ether oxygens (including phenoxy) is 3. The summed E-state index contributed by atoms with van der Waals surface area (Å²) in [5, 5.41) is 9.50. The Kier molecular flexibility index (Phi) is 9.74. The highest BCUT2D eigenvalue weighted by Crippen LogP contribution is 2.45. The maximum Gasteiger partial charge on any atom is 0.305 e. The van der Waals surface area contributed by atoms with Gasteiger partial charge in [0.05, 0.1) is 31.2 Å². The number of carbonyl (C=O) groups is 2. The van der Waals surface area contributed by atoms with E-state index in [4.69, 9.17) is 30.9 Å². The van der Waals surface area contributed by atoms with Gasteiger partial charge in [0.25, 0.3) is 6.73 Å². The molecule has 2 aliphatic heterocycles. The summed E-state index contributed by atoms with van der Waals surface area (Å²) in [4.78, 5) is 25.8. The highest BCUT2D eigenvalue weighted by Gasteiger charge is 2.49. The molecule has 1 fully saturated rings. The molecule has 3 heterocycles. The van der Waals surface area contributed by atoms with Gasteiger partial charge in [-0.05, 0) is 44.4 Å². The van der Waals surface area contributed by atoms with Crippen LogP contribution in [0, 0.1) is 0 Å². The third kappa shape index (κ3) is 6.76. The second-order valence-electron chi connectivity index (χ2n) is 9.51. The van der Waals surface area contributed by atoms with E-state index in [-0.39, 0.29) is 48.7 Å². The molecule has 0 saturated carbocycles. The number of halogens is 2. The molecule has 1 saturated heterocycles. The minimum Gasteiger partial charge on any atom is -1.00 e. The van der Waals surface area contributed by atoms with E-state index in [9.17, 15) is 9.59 Å². The number of benzene rings is 1. The van der Waals surface area contributed by atoms with Gasteiger partial charge in [0.2, 0.25) is 5.91 Å². The average Bonchev–Trinajstić information content (AvgIpc) is 2.81. The van der Waals surface area contributed by atoms with E-state index in [1.54, 1.807) is 0 Å². The lowest BCUT2D eigenvalue weighted by Gasteiger charge is -2.48. The first-order valence-corrected chi connectivity index (χ1v) is 12.3. The number of carbonyl (C=O) groups excluding carboxylic acids is 1. The standard InChI is InChI=1S/C26H31ClN2O6.BrH/c1-26(2)25(34-16-18-6-8-19(27)9-7-18)24(29-12-4-3-5-22(29)30)20-15-28(13-10-21(20)35-26)17-33-14-11-23(31)32;/h6-10,13,15,24-25H,3-5,11-12,14,16-17H2,1-2H3;1H. The van der Waals surface area contributed by atoms with Crippen LogP contribution < -0.4 is 26.3 Å². The molecule has 2 aliphatic rings. The number of carboxylic acid groups (broad SMARTS) is 1. The number of piperidine rings is 1. The van der Waals surface area contributed by atoms with Gasteiger partial charge in [-0.25, -0.2) is 0 Å². The first kappa shape index (κ1) is 28.4. The maximum atomic E-state index is 13.1. The summed E-state index contributed by atoms with van der Waals surface area (Å²) < 4.78 is 20.2. The maximum absolute atomic E-state index is 13.1. The summed E-state index contributed by atoms with van der Waals surface area (Å²) in [6.45, 7) is 5.29. The third-order valence-corrected chi connectivity index (χ3v) is 6.66. The lowest BCUT2D eigenvalue weighted by atomic mass is 9.85. The quantitative estimate of drug-likeness (QED) is 0.349. The van der Waals surface area contributed by atoms with Crippen LogP contribution in [-0.4, -0.2) is 46.7 Å². The number of amides is 1. The topological polar surface area (TPSA) is 89.2 Å². The van der Waals surface area contributed by atoms with Gasteiger partial charge in [-0.15, -0.1) is 0 Å². The van der Waals surface area contributed by atoms with Gasteiger partial charge in [0, 0.05) is 24.1 Å². The van der Waals surface area contributed by atoms with Crippen LogP contribution in [0.5, 0.6) is 5.75 Å². The average molecular weight is 584 g/mol. The number of rotatable bonds is 9. The van der Waals surface area contributed by atoms with Crippen LogP contribution in [0.1, 0.15) is 56.7 Å². The SMILES string of the molecule is CC1(C)Oc2cc[n+](COCCC(=O)O)cc2C(N2CCCCC2=O)C1OCc1ccc(Cl)cc1.[Br-]. The predicted octanol–water partition coefficient (Wildman–Crippen LogP) is 0.890. The van der Waals surface area contributed by atoms with Crippen LogP contribution in [0.4, 0.5) is 0 Å². The fourth-order valence-electron chi connectivity index (χ4n) is 4.67. The number of hydrogen-bond donors (Lipinski definition) is 1. The molecular weight excluding hydrogens is 552 g/mol. The second kappa shape index (κ2) is 12.4. The molecule has 2 atom stereocenters. The van der Waals surface area contributed by atoms with Crippen molar-refractivity contribution in [1.29, 1.82) is 0 Å². The lowest BCUT2D eigenvalue weighted by molar-refractivity contribution is -0.733. The summed E-state index contributed by atoms with van der Waals surface area (Å²) in [5.41, 5.74) is 1.14. The molecule has 0 radical (unpaired) electrons. The fourth-order valence-corrected chi connectivity index (χ4v) is 4.79. The summed E-state index contributed by atoms with van der Waals surface area (Å²) >= 11 is 6.03. The summed E-state index contributed by atoms with van der Waals surface area (Å²) in [7, 11) is 0. The Balaban J connectivity index is 0.00000361. The van der Waals surface area contributed by atoms with Gasteiger partial charge in [-0.1, -0.05) is 23.7 Å². The molecule has 2 unspecified atom stereocenters. The highest BCUT2D eigenvalue weighted by atomic mass is 79.9. The Morgan fingerprint density at radius 1 is 1.25 bits per heavy atom. The van der Waals surface area contributed by atoms with Gasteiger partial charge in [-0.3, -0.25) is 9.59 Å². The number of carboxylic acids is 1. The predicted molar refractivity (Wildman–Crippen MR) is 128 cm³/mol. The molecule has 10 heteroatoms. The van der Waals surface area contributed by atoms with Crippen LogP contribution in [0.15, 0.2) is 42.7 Å². The summed E-state index contributed by atoms with van der Waals surface area (Å²) in [6, 6.07) is 9.05. The number of fused-ring (bicyclic) bond motifs is 1. The lowest BCUT2D eigenvalue weighted by Crippen LogP contribution is -3.00. The Bertz CT molecular complexity index is 1060. The number of likely N-dealkylation sites (tertiary alicyclic amines) is 1. The van der Waals surface area contributed by atoms with E-state index in [1.807, 2.05) is 66.0 Å². The molecule has 1 N–H and O–H groups in total. The van der Waals surface area contributed by atoms with Gasteiger partial charge in [0.1, 0.15) is 17.5 Å². The smallest absolute Gasteiger partial charge is 0.305 e. The van der Waals surface area contributed by atoms with Gasteiger partial charge < -0.3 is 41.2 Å². The molecule has 2 aromatic rings. The van der Waals surface area contributed by atoms with Gasteiger partial charge in [0.15, 0.2) is 12.4 Å². The number of aromatic nitrogens is 1. The molecule has 196 valence electrons. The van der Waals surface area contributed by atoms with Crippen molar-refractivity contribution in [2.24, 2.45) is 0 Å². The Morgan fingerprint density at radius 2 is 2.00 bits per heavy atom. The largest absolute Gasteiger partial charge is 1.00 e. The summed E-state index contributed by atoms with van der Waals surface area (Å²) in [5.74, 6) is -0.0926. The van der Waals surface area contributed by atoms with Crippen molar-refractivity contribution < 1.29 is 50.5 Å².